The highest BCUT2D eigenvalue weighted by Gasteiger charge is 2.39. The van der Waals surface area contributed by atoms with E-state index in [1.54, 1.807) is 0 Å². The van der Waals surface area contributed by atoms with Crippen molar-refractivity contribution >= 4 is 0 Å². The van der Waals surface area contributed by atoms with Crippen LogP contribution in [-0.4, -0.2) is 30.1 Å². The molecule has 4 unspecified atom stereocenters. The molecule has 2 nitrogen and oxygen atoms in total. The topological polar surface area (TPSA) is 29.3 Å². The molecule has 0 aromatic heterocycles. The Hall–Kier alpha value is -0.0800. The van der Waals surface area contributed by atoms with Crippen molar-refractivity contribution in [1.82, 2.24) is 4.90 Å². The van der Waals surface area contributed by atoms with E-state index >= 15 is 0 Å². The number of rotatable bonds is 4. The molecule has 0 radical (unpaired) electrons. The molecule has 2 fully saturated rings. The quantitative estimate of drug-likeness (QED) is 0.795. The van der Waals surface area contributed by atoms with Crippen LogP contribution in [0.2, 0.25) is 0 Å². The van der Waals surface area contributed by atoms with Gasteiger partial charge in [0.25, 0.3) is 0 Å². The fourth-order valence-corrected chi connectivity index (χ4v) is 3.82. The highest BCUT2D eigenvalue weighted by Crippen LogP contribution is 2.38. The summed E-state index contributed by atoms with van der Waals surface area (Å²) in [5, 5.41) is 0. The molecule has 94 valence electrons. The Kier molecular flexibility index (Phi) is 4.26. The number of likely N-dealkylation sites (tertiary alicyclic amines) is 1. The van der Waals surface area contributed by atoms with E-state index in [9.17, 15) is 0 Å². The molecule has 0 amide bonds. The van der Waals surface area contributed by atoms with E-state index in [1.807, 2.05) is 0 Å². The molecule has 0 aromatic carbocycles. The maximum Gasteiger partial charge on any atom is 0.0246 e. The van der Waals surface area contributed by atoms with Crippen LogP contribution >= 0.6 is 0 Å². The lowest BCUT2D eigenvalue weighted by atomic mass is 9.84. The minimum atomic E-state index is 0.637. The summed E-state index contributed by atoms with van der Waals surface area (Å²) < 4.78 is 0. The summed E-state index contributed by atoms with van der Waals surface area (Å²) in [4.78, 5) is 2.76. The minimum absolute atomic E-state index is 0.637. The summed E-state index contributed by atoms with van der Waals surface area (Å²) in [5.41, 5.74) is 6.01. The third kappa shape index (κ3) is 2.28. The Balaban J connectivity index is 2.02. The Labute approximate surface area is 101 Å². The van der Waals surface area contributed by atoms with Gasteiger partial charge in [-0.15, -0.1) is 0 Å². The van der Waals surface area contributed by atoms with Crippen molar-refractivity contribution in [3.05, 3.63) is 0 Å². The number of hydrogen-bond donors (Lipinski definition) is 1. The summed E-state index contributed by atoms with van der Waals surface area (Å²) >= 11 is 0. The van der Waals surface area contributed by atoms with Gasteiger partial charge in [0.05, 0.1) is 0 Å². The van der Waals surface area contributed by atoms with Gasteiger partial charge in [-0.05, 0) is 37.6 Å². The number of fused-ring (bicyclic) bond motifs is 1. The van der Waals surface area contributed by atoms with Crippen molar-refractivity contribution in [1.29, 1.82) is 0 Å². The molecule has 0 aromatic rings. The molecule has 2 aliphatic rings. The van der Waals surface area contributed by atoms with Crippen LogP contribution in [0.3, 0.4) is 0 Å². The SMILES string of the molecule is CCC(C)C(CN)N1CCC2CCCCC21. The van der Waals surface area contributed by atoms with Crippen molar-refractivity contribution in [2.45, 2.75) is 64.5 Å². The molecule has 1 aliphatic carbocycles. The first-order valence-corrected chi connectivity index (χ1v) is 7.23. The van der Waals surface area contributed by atoms with Gasteiger partial charge in [-0.2, -0.15) is 0 Å². The van der Waals surface area contributed by atoms with E-state index in [0.717, 1.165) is 24.4 Å². The van der Waals surface area contributed by atoms with Crippen molar-refractivity contribution in [2.75, 3.05) is 13.1 Å². The first-order chi connectivity index (χ1) is 7.77. The Bertz CT molecular complexity index is 217. The normalized spacial score (nSPS) is 34.7. The van der Waals surface area contributed by atoms with Crippen LogP contribution in [0.4, 0.5) is 0 Å². The zero-order valence-corrected chi connectivity index (χ0v) is 11.0. The third-order valence-corrected chi connectivity index (χ3v) is 5.02. The summed E-state index contributed by atoms with van der Waals surface area (Å²) in [7, 11) is 0. The fourth-order valence-electron chi connectivity index (χ4n) is 3.82. The first-order valence-electron chi connectivity index (χ1n) is 7.23. The average molecular weight is 224 g/mol. The van der Waals surface area contributed by atoms with Gasteiger partial charge in [0.15, 0.2) is 0 Å². The van der Waals surface area contributed by atoms with Gasteiger partial charge in [0.2, 0.25) is 0 Å². The van der Waals surface area contributed by atoms with Gasteiger partial charge < -0.3 is 5.73 Å². The van der Waals surface area contributed by atoms with Crippen LogP contribution in [0.1, 0.15) is 52.4 Å². The predicted octanol–water partition coefficient (Wildman–Crippen LogP) is 2.62. The average Bonchev–Trinajstić information content (AvgIpc) is 2.74. The molecular weight excluding hydrogens is 196 g/mol. The van der Waals surface area contributed by atoms with E-state index in [1.165, 1.54) is 45.1 Å². The summed E-state index contributed by atoms with van der Waals surface area (Å²) in [6.45, 7) is 6.81. The van der Waals surface area contributed by atoms with Crippen molar-refractivity contribution in [3.8, 4) is 0 Å². The van der Waals surface area contributed by atoms with Crippen molar-refractivity contribution in [2.24, 2.45) is 17.6 Å². The largest absolute Gasteiger partial charge is 0.329 e. The van der Waals surface area contributed by atoms with Gasteiger partial charge in [0, 0.05) is 18.6 Å². The smallest absolute Gasteiger partial charge is 0.0246 e. The third-order valence-electron chi connectivity index (χ3n) is 5.02. The van der Waals surface area contributed by atoms with E-state index in [4.69, 9.17) is 5.73 Å². The zero-order chi connectivity index (χ0) is 11.5. The maximum absolute atomic E-state index is 6.01. The molecule has 0 spiro atoms. The lowest BCUT2D eigenvalue weighted by molar-refractivity contribution is 0.102. The Morgan fingerprint density at radius 2 is 2.00 bits per heavy atom. The van der Waals surface area contributed by atoms with Gasteiger partial charge in [0.1, 0.15) is 0 Å². The van der Waals surface area contributed by atoms with Gasteiger partial charge in [-0.3, -0.25) is 4.90 Å². The van der Waals surface area contributed by atoms with Crippen LogP contribution in [0.5, 0.6) is 0 Å². The van der Waals surface area contributed by atoms with Gasteiger partial charge in [-0.1, -0.05) is 33.1 Å². The predicted molar refractivity (Wildman–Crippen MR) is 69.4 cm³/mol. The number of hydrogen-bond acceptors (Lipinski definition) is 2. The Morgan fingerprint density at radius 1 is 1.25 bits per heavy atom. The second kappa shape index (κ2) is 5.50. The Morgan fingerprint density at radius 3 is 2.69 bits per heavy atom. The molecule has 16 heavy (non-hydrogen) atoms. The maximum atomic E-state index is 6.01. The van der Waals surface area contributed by atoms with Crippen LogP contribution < -0.4 is 5.73 Å². The number of nitrogens with two attached hydrogens (primary N) is 1. The second-order valence-corrected chi connectivity index (χ2v) is 5.83. The molecule has 4 atom stereocenters. The zero-order valence-electron chi connectivity index (χ0n) is 11.0. The molecule has 2 heteroatoms. The van der Waals surface area contributed by atoms with Gasteiger partial charge in [-0.25, -0.2) is 0 Å². The fraction of sp³-hybridized carbons (Fsp3) is 1.00. The van der Waals surface area contributed by atoms with Crippen LogP contribution in [0.25, 0.3) is 0 Å². The minimum Gasteiger partial charge on any atom is -0.329 e. The van der Waals surface area contributed by atoms with E-state index in [-0.39, 0.29) is 0 Å². The summed E-state index contributed by atoms with van der Waals surface area (Å²) in [5.74, 6) is 1.75. The molecule has 0 bridgehead atoms. The lowest BCUT2D eigenvalue weighted by Crippen LogP contribution is -2.48. The monoisotopic (exact) mass is 224 g/mol. The second-order valence-electron chi connectivity index (χ2n) is 5.83. The summed E-state index contributed by atoms with van der Waals surface area (Å²) in [6.07, 6.45) is 8.49. The molecule has 1 saturated carbocycles. The van der Waals surface area contributed by atoms with E-state index in [2.05, 4.69) is 18.7 Å². The van der Waals surface area contributed by atoms with Crippen molar-refractivity contribution in [3.63, 3.8) is 0 Å². The highest BCUT2D eigenvalue weighted by atomic mass is 15.2. The summed E-state index contributed by atoms with van der Waals surface area (Å²) in [6, 6.07) is 1.51. The molecule has 2 N–H and O–H groups in total. The molecule has 1 heterocycles. The van der Waals surface area contributed by atoms with Gasteiger partial charge >= 0.3 is 0 Å². The standard InChI is InChI=1S/C14H28N2/c1-3-11(2)14(10-15)16-9-8-12-6-4-5-7-13(12)16/h11-14H,3-10,15H2,1-2H3. The van der Waals surface area contributed by atoms with Crippen LogP contribution in [-0.2, 0) is 0 Å². The number of nitrogens with zero attached hydrogens (tertiary/aromatic N) is 1. The molecule has 1 aliphatic heterocycles. The lowest BCUT2D eigenvalue weighted by Gasteiger charge is -2.39. The van der Waals surface area contributed by atoms with E-state index in [0.29, 0.717) is 6.04 Å². The van der Waals surface area contributed by atoms with Crippen LogP contribution in [0, 0.1) is 11.8 Å². The first kappa shape index (κ1) is 12.4. The molecule has 2 rings (SSSR count). The van der Waals surface area contributed by atoms with Crippen molar-refractivity contribution < 1.29 is 0 Å². The molecule has 1 saturated heterocycles. The highest BCUT2D eigenvalue weighted by molar-refractivity contribution is 4.94. The van der Waals surface area contributed by atoms with Crippen LogP contribution in [0.15, 0.2) is 0 Å². The molecular formula is C14H28N2. The van der Waals surface area contributed by atoms with E-state index < -0.39 is 0 Å².